The van der Waals surface area contributed by atoms with Crippen molar-refractivity contribution in [3.8, 4) is 0 Å². The van der Waals surface area contributed by atoms with Crippen LogP contribution in [0.25, 0.3) is 0 Å². The molecule has 0 bridgehead atoms. The van der Waals surface area contributed by atoms with Crippen molar-refractivity contribution < 1.29 is 8.42 Å². The molecule has 2 aromatic rings. The lowest BCUT2D eigenvalue weighted by Gasteiger charge is -2.26. The summed E-state index contributed by atoms with van der Waals surface area (Å²) in [6, 6.07) is 9.51. The van der Waals surface area contributed by atoms with Crippen LogP contribution in [0.2, 0.25) is 10.0 Å². The number of nitrogen functional groups attached to an aromatic ring is 2. The highest BCUT2D eigenvalue weighted by Gasteiger charge is 2.37. The van der Waals surface area contributed by atoms with E-state index in [-0.39, 0.29) is 24.6 Å². The lowest BCUT2D eigenvalue weighted by Crippen LogP contribution is -2.23. The molecule has 0 heterocycles. The van der Waals surface area contributed by atoms with Crippen LogP contribution in [0, 0.1) is 0 Å². The Balaban J connectivity index is 2.63. The molecule has 2 aromatic carbocycles. The minimum atomic E-state index is -3.82. The van der Waals surface area contributed by atoms with E-state index in [1.165, 1.54) is 0 Å². The molecule has 0 aliphatic carbocycles. The van der Waals surface area contributed by atoms with Gasteiger partial charge in [0.1, 0.15) is 0 Å². The molecule has 2 rings (SSSR count). The van der Waals surface area contributed by atoms with Crippen LogP contribution in [-0.4, -0.2) is 20.2 Å². The highest BCUT2D eigenvalue weighted by atomic mass is 35.5. The summed E-state index contributed by atoms with van der Waals surface area (Å²) in [6.07, 6.45) is 0.345. The molecule has 4 nitrogen and oxygen atoms in total. The molecule has 0 aliphatic rings. The van der Waals surface area contributed by atoms with Gasteiger partial charge in [-0.3, -0.25) is 0 Å². The quantitative estimate of drug-likeness (QED) is 0.388. The minimum Gasteiger partial charge on any atom is -0.399 e. The van der Waals surface area contributed by atoms with Crippen LogP contribution in [0.4, 0.5) is 11.4 Å². The summed E-state index contributed by atoms with van der Waals surface area (Å²) in [6.45, 7) is 0. The van der Waals surface area contributed by atoms with Gasteiger partial charge in [0.2, 0.25) is 0 Å². The number of benzene rings is 2. The Hall–Kier alpha value is -0.850. The molecule has 0 saturated carbocycles. The van der Waals surface area contributed by atoms with Gasteiger partial charge in [-0.05, 0) is 60.4 Å². The van der Waals surface area contributed by atoms with Crippen LogP contribution in [0.5, 0.6) is 0 Å². The van der Waals surface area contributed by atoms with Gasteiger partial charge >= 0.3 is 0 Å². The van der Waals surface area contributed by atoms with Crippen molar-refractivity contribution in [1.29, 1.82) is 0 Å². The summed E-state index contributed by atoms with van der Waals surface area (Å²) < 4.78 is 27.2. The molecule has 4 N–H and O–H groups in total. The molecule has 0 spiro atoms. The van der Waals surface area contributed by atoms with E-state index in [1.54, 1.807) is 36.4 Å². The van der Waals surface area contributed by atoms with Gasteiger partial charge in [0, 0.05) is 33.2 Å². The molecule has 2 unspecified atom stereocenters. The highest BCUT2D eigenvalue weighted by molar-refractivity contribution is 7.91. The molecule has 0 amide bonds. The van der Waals surface area contributed by atoms with Gasteiger partial charge < -0.3 is 11.5 Å². The summed E-state index contributed by atoms with van der Waals surface area (Å²) in [5.41, 5.74) is 13.4. The predicted molar refractivity (Wildman–Crippen MR) is 117 cm³/mol. The minimum absolute atomic E-state index is 0.132. The molecule has 0 radical (unpaired) electrons. The number of hydrogen-bond acceptors (Lipinski definition) is 4. The van der Waals surface area contributed by atoms with Crippen LogP contribution in [0.3, 0.4) is 0 Å². The monoisotopic (exact) mass is 468 g/mol. The number of sulfone groups is 1. The molecule has 9 heteroatoms. The van der Waals surface area contributed by atoms with E-state index in [0.29, 0.717) is 32.5 Å². The van der Waals surface area contributed by atoms with Crippen LogP contribution in [0.15, 0.2) is 36.4 Å². The Labute approximate surface area is 179 Å². The smallest absolute Gasteiger partial charge is 0.164 e. The Morgan fingerprint density at radius 1 is 0.778 bits per heavy atom. The fourth-order valence-corrected chi connectivity index (χ4v) is 6.72. The maximum Gasteiger partial charge on any atom is 0.164 e. The third-order valence-electron chi connectivity index (χ3n) is 4.27. The average Bonchev–Trinajstić information content (AvgIpc) is 2.62. The van der Waals surface area contributed by atoms with E-state index in [1.807, 2.05) is 0 Å². The van der Waals surface area contributed by atoms with Crippen molar-refractivity contribution in [2.24, 2.45) is 0 Å². The third-order valence-corrected chi connectivity index (χ3v) is 7.96. The summed E-state index contributed by atoms with van der Waals surface area (Å²) in [7, 11) is -3.82. The second-order valence-corrected chi connectivity index (χ2v) is 9.97. The van der Waals surface area contributed by atoms with Crippen molar-refractivity contribution in [3.63, 3.8) is 0 Å². The van der Waals surface area contributed by atoms with E-state index in [0.717, 1.165) is 0 Å². The summed E-state index contributed by atoms with van der Waals surface area (Å²) in [4.78, 5) is 0. The highest BCUT2D eigenvalue weighted by Crippen LogP contribution is 2.43. The van der Waals surface area contributed by atoms with Crippen LogP contribution >= 0.6 is 46.4 Å². The first-order chi connectivity index (χ1) is 12.7. The first-order valence-electron chi connectivity index (χ1n) is 8.16. The number of anilines is 2. The second kappa shape index (κ2) is 9.57. The van der Waals surface area contributed by atoms with Gasteiger partial charge in [-0.1, -0.05) is 23.2 Å². The maximum atomic E-state index is 13.6. The number of halogens is 4. The summed E-state index contributed by atoms with van der Waals surface area (Å²) in [5.74, 6) is 0.264. The molecule has 0 saturated heterocycles. The second-order valence-electron chi connectivity index (χ2n) is 6.08. The van der Waals surface area contributed by atoms with Crippen LogP contribution < -0.4 is 11.5 Å². The van der Waals surface area contributed by atoms with Gasteiger partial charge in [-0.25, -0.2) is 8.42 Å². The standard InChI is InChI=1S/C18H20Cl4N2O2S/c19-7-5-17(13-9-11(23)1-3-15(13)21)27(25,26)18(6-8-20)14-10-12(24)2-4-16(14)22/h1-4,9-10,17-18H,5-8,23-24H2. The first kappa shape index (κ1) is 22.4. The Morgan fingerprint density at radius 3 is 1.48 bits per heavy atom. The predicted octanol–water partition coefficient (Wildman–Crippen LogP) is 5.61. The Kier molecular flexibility index (Phi) is 7.95. The Morgan fingerprint density at radius 2 is 1.15 bits per heavy atom. The fraction of sp³-hybridized carbons (Fsp3) is 0.333. The molecule has 27 heavy (non-hydrogen) atoms. The maximum absolute atomic E-state index is 13.6. The largest absolute Gasteiger partial charge is 0.399 e. The SMILES string of the molecule is Nc1ccc(Cl)c(C(CCCl)S(=O)(=O)C(CCCl)c2cc(N)ccc2Cl)c1. The lowest BCUT2D eigenvalue weighted by molar-refractivity contribution is 0.562. The molecule has 0 aliphatic heterocycles. The number of hydrogen-bond donors (Lipinski definition) is 2. The topological polar surface area (TPSA) is 86.2 Å². The van der Waals surface area contributed by atoms with Gasteiger partial charge in [-0.15, -0.1) is 23.2 Å². The van der Waals surface area contributed by atoms with Crippen molar-refractivity contribution >= 4 is 67.6 Å². The van der Waals surface area contributed by atoms with Gasteiger partial charge in [0.05, 0.1) is 10.5 Å². The van der Waals surface area contributed by atoms with Gasteiger partial charge in [0.25, 0.3) is 0 Å². The molecule has 0 fully saturated rings. The van der Waals surface area contributed by atoms with Gasteiger partial charge in [0.15, 0.2) is 9.84 Å². The normalized spacial score (nSPS) is 14.1. The molecule has 2 atom stereocenters. The Bertz CT molecular complexity index is 839. The number of alkyl halides is 2. The summed E-state index contributed by atoms with van der Waals surface area (Å²) >= 11 is 24.4. The van der Waals surface area contributed by atoms with Crippen molar-refractivity contribution in [3.05, 3.63) is 57.6 Å². The van der Waals surface area contributed by atoms with Gasteiger partial charge in [-0.2, -0.15) is 0 Å². The van der Waals surface area contributed by atoms with E-state index in [4.69, 9.17) is 57.9 Å². The molecule has 0 aromatic heterocycles. The van der Waals surface area contributed by atoms with E-state index < -0.39 is 20.3 Å². The first-order valence-corrected chi connectivity index (χ1v) is 11.6. The number of rotatable bonds is 8. The zero-order valence-electron chi connectivity index (χ0n) is 14.3. The van der Waals surface area contributed by atoms with Crippen molar-refractivity contribution in [2.45, 2.75) is 23.3 Å². The zero-order valence-corrected chi connectivity index (χ0v) is 18.2. The van der Waals surface area contributed by atoms with Crippen molar-refractivity contribution in [2.75, 3.05) is 23.2 Å². The summed E-state index contributed by atoms with van der Waals surface area (Å²) in [5, 5.41) is -1.27. The van der Waals surface area contributed by atoms with E-state index in [2.05, 4.69) is 0 Å². The zero-order chi connectivity index (χ0) is 20.2. The number of nitrogens with two attached hydrogens (primary N) is 2. The van der Waals surface area contributed by atoms with Crippen LogP contribution in [-0.2, 0) is 9.84 Å². The fourth-order valence-electron chi connectivity index (χ4n) is 3.01. The van der Waals surface area contributed by atoms with E-state index in [9.17, 15) is 8.42 Å². The average molecular weight is 470 g/mol. The molecular weight excluding hydrogens is 450 g/mol. The van der Waals surface area contributed by atoms with Crippen molar-refractivity contribution in [1.82, 2.24) is 0 Å². The van der Waals surface area contributed by atoms with E-state index >= 15 is 0 Å². The lowest BCUT2D eigenvalue weighted by atomic mass is 10.1. The van der Waals surface area contributed by atoms with Crippen LogP contribution in [0.1, 0.15) is 34.5 Å². The molecular formula is C18H20Cl4N2O2S. The molecule has 148 valence electrons. The third kappa shape index (κ3) is 5.15.